The molecule has 1 aliphatic rings. The molecule has 0 radical (unpaired) electrons. The van der Waals surface area contributed by atoms with Gasteiger partial charge in [0.2, 0.25) is 5.91 Å². The molecule has 3 aromatic carbocycles. The van der Waals surface area contributed by atoms with E-state index in [0.717, 1.165) is 23.3 Å². The van der Waals surface area contributed by atoms with E-state index in [1.165, 1.54) is 12.1 Å². The molecule has 1 fully saturated rings. The van der Waals surface area contributed by atoms with Crippen LogP contribution in [-0.4, -0.2) is 13.0 Å². The molecule has 0 saturated carbocycles. The van der Waals surface area contributed by atoms with E-state index in [1.54, 1.807) is 36.3 Å². The lowest BCUT2D eigenvalue weighted by molar-refractivity contribution is -0.137. The van der Waals surface area contributed by atoms with Gasteiger partial charge in [-0.15, -0.1) is 0 Å². The first-order valence-electron chi connectivity index (χ1n) is 9.50. The maximum atomic E-state index is 13.1. The highest BCUT2D eigenvalue weighted by molar-refractivity contribution is 6.06. The van der Waals surface area contributed by atoms with Crippen LogP contribution in [-0.2, 0) is 11.0 Å². The van der Waals surface area contributed by atoms with Crippen LogP contribution in [0.5, 0.6) is 5.75 Å². The molecule has 0 aromatic heterocycles. The van der Waals surface area contributed by atoms with Crippen LogP contribution in [0.3, 0.4) is 0 Å². The van der Waals surface area contributed by atoms with Gasteiger partial charge in [-0.1, -0.05) is 42.0 Å². The Hall–Kier alpha value is -3.28. The van der Waals surface area contributed by atoms with E-state index in [2.05, 4.69) is 0 Å². The monoisotopic (exact) mass is 411 g/mol. The summed E-state index contributed by atoms with van der Waals surface area (Å²) in [4.78, 5) is 14.8. The van der Waals surface area contributed by atoms with E-state index in [1.807, 2.05) is 31.2 Å². The first-order chi connectivity index (χ1) is 14.3. The number of carbonyl (C=O) groups is 1. The molecule has 0 N–H and O–H groups in total. The molecule has 1 saturated heterocycles. The Morgan fingerprint density at radius 1 is 0.833 bits per heavy atom. The van der Waals surface area contributed by atoms with Crippen molar-refractivity contribution >= 4 is 11.6 Å². The third-order valence-electron chi connectivity index (χ3n) is 5.46. The van der Waals surface area contributed by atoms with Crippen molar-refractivity contribution in [3.8, 4) is 5.75 Å². The molecule has 2 atom stereocenters. The van der Waals surface area contributed by atoms with Gasteiger partial charge in [-0.05, 0) is 54.4 Å². The highest BCUT2D eigenvalue weighted by atomic mass is 19.4. The summed E-state index contributed by atoms with van der Waals surface area (Å²) in [6, 6.07) is 19.4. The number of methoxy groups -OCH3 is 1. The number of benzene rings is 3. The SMILES string of the molecule is COc1ccc(N2C(=O)[C@@H](c3ccc(C)cc3)[C@H]2c2ccc(C(F)(F)F)cc2)cc1. The van der Waals surface area contributed by atoms with Gasteiger partial charge in [0.1, 0.15) is 5.75 Å². The summed E-state index contributed by atoms with van der Waals surface area (Å²) in [5.41, 5.74) is 2.54. The smallest absolute Gasteiger partial charge is 0.416 e. The molecule has 4 rings (SSSR count). The minimum Gasteiger partial charge on any atom is -0.497 e. The summed E-state index contributed by atoms with van der Waals surface area (Å²) in [5.74, 6) is 0.117. The van der Waals surface area contributed by atoms with Gasteiger partial charge in [0.25, 0.3) is 0 Å². The number of ether oxygens (including phenoxy) is 1. The van der Waals surface area contributed by atoms with E-state index >= 15 is 0 Å². The summed E-state index contributed by atoms with van der Waals surface area (Å²) in [7, 11) is 1.56. The van der Waals surface area contributed by atoms with Crippen molar-refractivity contribution < 1.29 is 22.7 Å². The molecule has 6 heteroatoms. The first kappa shape index (κ1) is 20.0. The molecule has 0 spiro atoms. The number of hydrogen-bond donors (Lipinski definition) is 0. The van der Waals surface area contributed by atoms with Crippen molar-refractivity contribution in [1.29, 1.82) is 0 Å². The van der Waals surface area contributed by atoms with Gasteiger partial charge in [-0.25, -0.2) is 0 Å². The maximum Gasteiger partial charge on any atom is 0.416 e. The Balaban J connectivity index is 1.74. The zero-order valence-electron chi connectivity index (χ0n) is 16.5. The summed E-state index contributed by atoms with van der Waals surface area (Å²) in [5, 5.41) is 0. The molecule has 30 heavy (non-hydrogen) atoms. The fourth-order valence-corrected chi connectivity index (χ4v) is 3.83. The fourth-order valence-electron chi connectivity index (χ4n) is 3.83. The summed E-state index contributed by atoms with van der Waals surface area (Å²) < 4.78 is 44.2. The quantitative estimate of drug-likeness (QED) is 0.501. The number of anilines is 1. The average Bonchev–Trinajstić information content (AvgIpc) is 2.73. The molecule has 0 bridgehead atoms. The van der Waals surface area contributed by atoms with Gasteiger partial charge >= 0.3 is 6.18 Å². The number of alkyl halides is 3. The number of β-lactam (4-membered cyclic amide) rings is 1. The second-order valence-electron chi connectivity index (χ2n) is 7.36. The number of nitrogens with zero attached hydrogens (tertiary/aromatic N) is 1. The zero-order chi connectivity index (χ0) is 21.5. The van der Waals surface area contributed by atoms with Crippen LogP contribution in [0.25, 0.3) is 0 Å². The normalized spacial score (nSPS) is 18.8. The number of carbonyl (C=O) groups excluding carboxylic acids is 1. The number of aryl methyl sites for hydroxylation is 1. The van der Waals surface area contributed by atoms with Gasteiger partial charge in [0, 0.05) is 5.69 Å². The van der Waals surface area contributed by atoms with E-state index in [-0.39, 0.29) is 5.91 Å². The van der Waals surface area contributed by atoms with Crippen molar-refractivity contribution in [1.82, 2.24) is 0 Å². The number of amides is 1. The lowest BCUT2D eigenvalue weighted by atomic mass is 9.77. The Kier molecular flexibility index (Phi) is 5.02. The Morgan fingerprint density at radius 3 is 1.93 bits per heavy atom. The number of halogens is 3. The number of rotatable bonds is 4. The largest absolute Gasteiger partial charge is 0.497 e. The van der Waals surface area contributed by atoms with Crippen molar-refractivity contribution in [2.45, 2.75) is 25.1 Å². The topological polar surface area (TPSA) is 29.5 Å². The first-order valence-corrected chi connectivity index (χ1v) is 9.50. The summed E-state index contributed by atoms with van der Waals surface area (Å²) in [6.45, 7) is 1.96. The minimum absolute atomic E-state index is 0.0890. The van der Waals surface area contributed by atoms with Gasteiger partial charge in [0.05, 0.1) is 24.6 Å². The molecule has 3 nitrogen and oxygen atoms in total. The molecule has 0 unspecified atom stereocenters. The van der Waals surface area contributed by atoms with Crippen LogP contribution in [0, 0.1) is 6.92 Å². The Labute approximate surface area is 172 Å². The standard InChI is InChI=1S/C24H20F3NO2/c1-15-3-5-16(6-4-15)21-22(17-7-9-18(10-8-17)24(25,26)27)28(23(21)29)19-11-13-20(30-2)14-12-19/h3-14,21-22H,1-2H3/t21-,22+/m0/s1. The molecule has 0 aliphatic carbocycles. The molecule has 3 aromatic rings. The van der Waals surface area contributed by atoms with Gasteiger partial charge < -0.3 is 9.64 Å². The lowest BCUT2D eigenvalue weighted by Crippen LogP contribution is -2.53. The van der Waals surface area contributed by atoms with Crippen molar-refractivity contribution in [3.63, 3.8) is 0 Å². The molecule has 154 valence electrons. The minimum atomic E-state index is -4.40. The molecule has 1 aliphatic heterocycles. The van der Waals surface area contributed by atoms with Crippen molar-refractivity contribution in [2.24, 2.45) is 0 Å². The Bertz CT molecular complexity index is 1040. The zero-order valence-corrected chi connectivity index (χ0v) is 16.5. The van der Waals surface area contributed by atoms with Gasteiger partial charge in [0.15, 0.2) is 0 Å². The van der Waals surface area contributed by atoms with E-state index in [9.17, 15) is 18.0 Å². The second kappa shape index (κ2) is 7.52. The lowest BCUT2D eigenvalue weighted by Gasteiger charge is -2.48. The van der Waals surface area contributed by atoms with Crippen molar-refractivity contribution in [3.05, 3.63) is 95.1 Å². The average molecular weight is 411 g/mol. The van der Waals surface area contributed by atoms with Crippen LogP contribution in [0.1, 0.15) is 34.2 Å². The molecule has 1 heterocycles. The third-order valence-corrected chi connectivity index (χ3v) is 5.46. The van der Waals surface area contributed by atoms with E-state index < -0.39 is 23.7 Å². The fraction of sp³-hybridized carbons (Fsp3) is 0.208. The molecule has 1 amide bonds. The van der Waals surface area contributed by atoms with Crippen LogP contribution >= 0.6 is 0 Å². The third kappa shape index (κ3) is 3.54. The van der Waals surface area contributed by atoms with E-state index in [0.29, 0.717) is 17.0 Å². The van der Waals surface area contributed by atoms with Crippen LogP contribution in [0.4, 0.5) is 18.9 Å². The predicted octanol–water partition coefficient (Wildman–Crippen LogP) is 5.89. The summed E-state index contributed by atoms with van der Waals surface area (Å²) in [6.07, 6.45) is -4.40. The van der Waals surface area contributed by atoms with Crippen LogP contribution < -0.4 is 9.64 Å². The van der Waals surface area contributed by atoms with Crippen LogP contribution in [0.2, 0.25) is 0 Å². The second-order valence-corrected chi connectivity index (χ2v) is 7.36. The van der Waals surface area contributed by atoms with Gasteiger partial charge in [-0.2, -0.15) is 13.2 Å². The van der Waals surface area contributed by atoms with Crippen LogP contribution in [0.15, 0.2) is 72.8 Å². The maximum absolute atomic E-state index is 13.1. The summed E-state index contributed by atoms with van der Waals surface area (Å²) >= 11 is 0. The van der Waals surface area contributed by atoms with Gasteiger partial charge in [-0.3, -0.25) is 4.79 Å². The molecular weight excluding hydrogens is 391 g/mol. The number of hydrogen-bond acceptors (Lipinski definition) is 2. The van der Waals surface area contributed by atoms with E-state index in [4.69, 9.17) is 4.74 Å². The highest BCUT2D eigenvalue weighted by Gasteiger charge is 2.49. The highest BCUT2D eigenvalue weighted by Crippen LogP contribution is 2.49. The van der Waals surface area contributed by atoms with Crippen molar-refractivity contribution in [2.75, 3.05) is 12.0 Å². The molecular formula is C24H20F3NO2. The Morgan fingerprint density at radius 2 is 1.40 bits per heavy atom. The predicted molar refractivity (Wildman–Crippen MR) is 109 cm³/mol.